The number of likely N-dealkylation sites (N-methyl/N-ethyl adjacent to an activating group) is 1. The van der Waals surface area contributed by atoms with Crippen molar-refractivity contribution < 1.29 is 38.7 Å². The van der Waals surface area contributed by atoms with E-state index in [4.69, 9.17) is 4.74 Å². The lowest BCUT2D eigenvalue weighted by Crippen LogP contribution is -2.63. The molecule has 0 fully saturated rings. The van der Waals surface area contributed by atoms with E-state index in [-0.39, 0.29) is 19.3 Å². The largest absolute Gasteiger partial charge is 0.616 e. The monoisotopic (exact) mass is 751 g/mol. The SMILES string of the molecule is COC(=O)N[C@H](C(=O)N[C@@H](Cc1ccc(-c2ccccn2)cc1)C[C@H](O)[C@H](Cc1ccccc1)NC(=O)[C@@H](N(C)C(=O)O)C(C)(C)[S@@+](C)[O-])C(C)(C)C. The first-order valence-electron chi connectivity index (χ1n) is 17.3. The number of methoxy groups -OCH3 is 1. The molecule has 13 nitrogen and oxygen atoms in total. The zero-order valence-electron chi connectivity index (χ0n) is 31.7. The van der Waals surface area contributed by atoms with Gasteiger partial charge >= 0.3 is 12.2 Å². The van der Waals surface area contributed by atoms with Gasteiger partial charge in [0.2, 0.25) is 11.8 Å². The number of aromatic nitrogens is 1. The Hall–Kier alpha value is -4.66. The van der Waals surface area contributed by atoms with Crippen molar-refractivity contribution in [3.05, 3.63) is 90.1 Å². The van der Waals surface area contributed by atoms with E-state index < -0.39 is 75.6 Å². The molecule has 6 atom stereocenters. The summed E-state index contributed by atoms with van der Waals surface area (Å²) in [7, 11) is 2.45. The highest BCUT2D eigenvalue weighted by Gasteiger charge is 2.48. The van der Waals surface area contributed by atoms with Crippen molar-refractivity contribution in [3.8, 4) is 11.3 Å². The van der Waals surface area contributed by atoms with E-state index in [1.807, 2.05) is 72.8 Å². The molecule has 0 aliphatic rings. The van der Waals surface area contributed by atoms with Crippen LogP contribution in [-0.2, 0) is 38.3 Å². The summed E-state index contributed by atoms with van der Waals surface area (Å²) in [5.74, 6) is -1.22. The van der Waals surface area contributed by atoms with Gasteiger partial charge in [0.25, 0.3) is 0 Å². The Balaban J connectivity index is 2.00. The minimum absolute atomic E-state index is 0.0386. The molecule has 2 aromatic carbocycles. The number of rotatable bonds is 16. The fourth-order valence-electron chi connectivity index (χ4n) is 6.05. The zero-order chi connectivity index (χ0) is 39.5. The molecular weight excluding hydrogens is 699 g/mol. The second kappa shape index (κ2) is 18.9. The summed E-state index contributed by atoms with van der Waals surface area (Å²) >= 11 is -1.62. The first kappa shape index (κ1) is 42.8. The first-order valence-corrected chi connectivity index (χ1v) is 18.9. The highest BCUT2D eigenvalue weighted by molar-refractivity contribution is 7.92. The van der Waals surface area contributed by atoms with Crippen molar-refractivity contribution >= 4 is 35.2 Å². The molecule has 0 saturated carbocycles. The molecule has 0 unspecified atom stereocenters. The van der Waals surface area contributed by atoms with Crippen LogP contribution in [0.25, 0.3) is 11.3 Å². The molecule has 0 saturated heterocycles. The van der Waals surface area contributed by atoms with E-state index in [0.717, 1.165) is 27.3 Å². The lowest BCUT2D eigenvalue weighted by Gasteiger charge is -2.38. The Kier molecular flexibility index (Phi) is 15.2. The van der Waals surface area contributed by atoms with Crippen LogP contribution in [0.1, 0.15) is 52.2 Å². The third kappa shape index (κ3) is 12.2. The molecule has 1 aromatic heterocycles. The van der Waals surface area contributed by atoms with E-state index in [9.17, 15) is 33.9 Å². The zero-order valence-corrected chi connectivity index (χ0v) is 32.5. The number of carboxylic acid groups (broad SMARTS) is 1. The van der Waals surface area contributed by atoms with Crippen LogP contribution in [0.15, 0.2) is 79.0 Å². The summed E-state index contributed by atoms with van der Waals surface area (Å²) < 4.78 is 16.3. The normalized spacial score (nSPS) is 15.1. The van der Waals surface area contributed by atoms with Gasteiger partial charge in [-0.3, -0.25) is 19.5 Å². The summed E-state index contributed by atoms with van der Waals surface area (Å²) in [6.07, 6.45) is 0.105. The number of ether oxygens (including phenoxy) is 1. The lowest BCUT2D eigenvalue weighted by molar-refractivity contribution is -0.129. The van der Waals surface area contributed by atoms with Crippen LogP contribution in [0.4, 0.5) is 9.59 Å². The first-order chi connectivity index (χ1) is 24.8. The molecule has 0 radical (unpaired) electrons. The number of nitrogens with one attached hydrogen (secondary N) is 3. The number of nitrogens with zero attached hydrogens (tertiary/aromatic N) is 2. The predicted octanol–water partition coefficient (Wildman–Crippen LogP) is 4.16. The average molecular weight is 752 g/mol. The summed E-state index contributed by atoms with van der Waals surface area (Å²) in [4.78, 5) is 57.4. The van der Waals surface area contributed by atoms with Gasteiger partial charge in [0.15, 0.2) is 6.04 Å². The molecule has 0 spiro atoms. The molecule has 3 aromatic rings. The molecule has 53 heavy (non-hydrogen) atoms. The highest BCUT2D eigenvalue weighted by atomic mass is 32.2. The van der Waals surface area contributed by atoms with E-state index >= 15 is 0 Å². The molecule has 0 aliphatic carbocycles. The fourth-order valence-corrected chi connectivity index (χ4v) is 6.63. The minimum Gasteiger partial charge on any atom is -0.616 e. The highest BCUT2D eigenvalue weighted by Crippen LogP contribution is 2.26. The van der Waals surface area contributed by atoms with Crippen molar-refractivity contribution in [1.82, 2.24) is 25.8 Å². The molecule has 0 aliphatic heterocycles. The second-order valence-corrected chi connectivity index (χ2v) is 16.7. The van der Waals surface area contributed by atoms with Gasteiger partial charge in [-0.15, -0.1) is 0 Å². The maximum atomic E-state index is 14.0. The van der Waals surface area contributed by atoms with Gasteiger partial charge in [0, 0.05) is 24.8 Å². The van der Waals surface area contributed by atoms with Gasteiger partial charge in [-0.2, -0.15) is 0 Å². The van der Waals surface area contributed by atoms with Crippen LogP contribution in [0.2, 0.25) is 0 Å². The van der Waals surface area contributed by atoms with Crippen molar-refractivity contribution in [2.75, 3.05) is 20.4 Å². The Bertz CT molecular complexity index is 1650. The summed E-state index contributed by atoms with van der Waals surface area (Å²) in [5, 5.41) is 30.3. The molecule has 4 amide bonds. The van der Waals surface area contributed by atoms with Crippen LogP contribution in [0.5, 0.6) is 0 Å². The molecular formula is C39H53N5O8S. The maximum absolute atomic E-state index is 14.0. The fraction of sp³-hybridized carbons (Fsp3) is 0.462. The Morgan fingerprint density at radius 3 is 2.00 bits per heavy atom. The predicted molar refractivity (Wildman–Crippen MR) is 205 cm³/mol. The van der Waals surface area contributed by atoms with Crippen LogP contribution < -0.4 is 16.0 Å². The van der Waals surface area contributed by atoms with Crippen LogP contribution >= 0.6 is 0 Å². The summed E-state index contributed by atoms with van der Waals surface area (Å²) in [5.41, 5.74) is 2.61. The Morgan fingerprint density at radius 2 is 1.47 bits per heavy atom. The smallest absolute Gasteiger partial charge is 0.407 e. The molecule has 0 bridgehead atoms. The number of carbonyl (C=O) groups is 4. The summed E-state index contributed by atoms with van der Waals surface area (Å²) in [6, 6.07) is 18.4. The number of aliphatic hydroxyl groups excluding tert-OH is 1. The quantitative estimate of drug-likeness (QED) is 0.134. The standard InChI is InChI=1S/C39H53N5O8S/c1-38(2,3)32(43-36(48)52-7)34(46)41-28(22-26-17-19-27(20-18-26)29-16-12-13-21-40-29)24-31(45)30(23-25-14-10-9-11-15-25)42-35(47)33(44(6)37(49)50)39(4,5)53(8)51/h9-21,28,30-33,45H,22-24H2,1-8H3,(H,41,46)(H,42,47)(H,43,48)(H,49,50)/t28-,30-,31-,32+,33+,53+/m0/s1. The number of pyridine rings is 1. The number of hydrogen-bond donors (Lipinski definition) is 5. The van der Waals surface area contributed by atoms with Gasteiger partial charge in [-0.05, 0) is 73.0 Å². The van der Waals surface area contributed by atoms with Gasteiger partial charge in [-0.25, -0.2) is 9.59 Å². The average Bonchev–Trinajstić information content (AvgIpc) is 3.10. The molecule has 1 heterocycles. The number of amides is 4. The van der Waals surface area contributed by atoms with Crippen molar-refractivity contribution in [1.29, 1.82) is 0 Å². The third-order valence-electron chi connectivity index (χ3n) is 9.27. The Labute approximate surface area is 315 Å². The number of alkyl carbamates (subject to hydrolysis) is 1. The van der Waals surface area contributed by atoms with Gasteiger partial charge in [0.05, 0.1) is 31.2 Å². The van der Waals surface area contributed by atoms with Gasteiger partial charge < -0.3 is 35.5 Å². The number of benzene rings is 2. The number of hydrogen-bond acceptors (Lipinski definition) is 8. The third-order valence-corrected chi connectivity index (χ3v) is 11.0. The van der Waals surface area contributed by atoms with Crippen LogP contribution in [0.3, 0.4) is 0 Å². The maximum Gasteiger partial charge on any atom is 0.407 e. The van der Waals surface area contributed by atoms with E-state index in [2.05, 4.69) is 20.9 Å². The molecule has 288 valence electrons. The van der Waals surface area contributed by atoms with E-state index in [1.54, 1.807) is 40.8 Å². The van der Waals surface area contributed by atoms with Crippen molar-refractivity contribution in [2.45, 2.75) is 88.9 Å². The van der Waals surface area contributed by atoms with Crippen LogP contribution in [0, 0.1) is 5.41 Å². The lowest BCUT2D eigenvalue weighted by atomic mass is 9.85. The van der Waals surface area contributed by atoms with Crippen LogP contribution in [-0.4, -0.2) is 104 Å². The van der Waals surface area contributed by atoms with E-state index in [1.165, 1.54) is 20.4 Å². The van der Waals surface area contributed by atoms with Gasteiger partial charge in [-0.1, -0.05) is 81.4 Å². The van der Waals surface area contributed by atoms with E-state index in [0.29, 0.717) is 0 Å². The Morgan fingerprint density at radius 1 is 0.868 bits per heavy atom. The molecule has 14 heteroatoms. The minimum atomic E-state index is -1.62. The summed E-state index contributed by atoms with van der Waals surface area (Å²) in [6.45, 7) is 8.50. The molecule has 3 rings (SSSR count). The van der Waals surface area contributed by atoms with Crippen molar-refractivity contribution in [3.63, 3.8) is 0 Å². The molecule has 5 N–H and O–H groups in total. The second-order valence-electron chi connectivity index (χ2n) is 14.7. The number of aliphatic hydroxyl groups is 1. The van der Waals surface area contributed by atoms with Crippen molar-refractivity contribution in [2.24, 2.45) is 5.41 Å². The van der Waals surface area contributed by atoms with Gasteiger partial charge in [0.1, 0.15) is 10.8 Å². The number of carbonyl (C=O) groups excluding carboxylic acids is 3. The topological polar surface area (TPSA) is 193 Å².